The number of fused-ring (bicyclic) bond motifs is 2. The van der Waals surface area contributed by atoms with Gasteiger partial charge in [-0.25, -0.2) is 14.4 Å². The number of hydrogen-bond acceptors (Lipinski definition) is 6. The van der Waals surface area contributed by atoms with E-state index in [-0.39, 0.29) is 46.7 Å². The fourth-order valence-corrected chi connectivity index (χ4v) is 4.78. The Balaban J connectivity index is 1.39. The number of nitrogens with zero attached hydrogens (tertiary/aromatic N) is 5. The highest BCUT2D eigenvalue weighted by molar-refractivity contribution is 6.00. The molecule has 1 aliphatic heterocycles. The lowest BCUT2D eigenvalue weighted by atomic mass is 10.0. The summed E-state index contributed by atoms with van der Waals surface area (Å²) in [5.41, 5.74) is 0.00494. The van der Waals surface area contributed by atoms with E-state index in [1.165, 1.54) is 18.3 Å². The Morgan fingerprint density at radius 2 is 1.91 bits per heavy atom. The molecule has 0 unspecified atom stereocenters. The number of aryl methyl sites for hydroxylation is 1. The fourth-order valence-electron chi connectivity index (χ4n) is 4.78. The summed E-state index contributed by atoms with van der Waals surface area (Å²) in [5, 5.41) is 3.13. The quantitative estimate of drug-likeness (QED) is 0.576. The number of pyridine rings is 2. The molecule has 2 aliphatic rings. The van der Waals surface area contributed by atoms with Crippen molar-refractivity contribution >= 4 is 11.7 Å². The fraction of sp³-hybridized carbons (Fsp3) is 0.348. The Kier molecular flexibility index (Phi) is 5.41. The number of aromatic nitrogens is 4. The molecule has 1 saturated carbocycles. The second-order valence-electron chi connectivity index (χ2n) is 8.58. The van der Waals surface area contributed by atoms with Crippen LogP contribution in [0, 0.1) is 18.7 Å². The van der Waals surface area contributed by atoms with E-state index in [4.69, 9.17) is 0 Å². The molecule has 5 rings (SSSR count). The predicted octanol–water partition coefficient (Wildman–Crippen LogP) is 4.12. The van der Waals surface area contributed by atoms with E-state index < -0.39 is 17.7 Å². The second kappa shape index (κ2) is 8.30. The van der Waals surface area contributed by atoms with Crippen LogP contribution in [0.2, 0.25) is 0 Å². The summed E-state index contributed by atoms with van der Waals surface area (Å²) in [4.78, 5) is 31.0. The molecule has 2 fully saturated rings. The van der Waals surface area contributed by atoms with E-state index in [1.807, 2.05) is 0 Å². The minimum absolute atomic E-state index is 0.00797. The van der Waals surface area contributed by atoms with E-state index in [2.05, 4.69) is 25.3 Å². The molecule has 34 heavy (non-hydrogen) atoms. The summed E-state index contributed by atoms with van der Waals surface area (Å²) in [6, 6.07) is 5.68. The first-order valence-corrected chi connectivity index (χ1v) is 10.8. The zero-order valence-electron chi connectivity index (χ0n) is 18.1. The van der Waals surface area contributed by atoms with E-state index in [9.17, 15) is 22.4 Å². The number of amides is 1. The van der Waals surface area contributed by atoms with Crippen molar-refractivity contribution in [3.8, 4) is 11.4 Å². The van der Waals surface area contributed by atoms with Crippen molar-refractivity contribution < 1.29 is 22.4 Å². The summed E-state index contributed by atoms with van der Waals surface area (Å²) in [6.45, 7) is 2.29. The van der Waals surface area contributed by atoms with Crippen molar-refractivity contribution in [2.75, 3.05) is 11.9 Å². The molecule has 0 radical (unpaired) electrons. The van der Waals surface area contributed by atoms with Gasteiger partial charge in [0.15, 0.2) is 11.5 Å². The molecule has 3 aromatic heterocycles. The monoisotopic (exact) mass is 472 g/mol. The number of likely N-dealkylation sites (tertiary alicyclic amines) is 1. The highest BCUT2D eigenvalue weighted by Gasteiger charge is 2.47. The normalized spacial score (nSPS) is 21.7. The molecule has 0 spiro atoms. The maximum absolute atomic E-state index is 14.5. The second-order valence-corrected chi connectivity index (χ2v) is 8.58. The SMILES string of the molecule is Cc1ccc(C(=O)N2C[C@@H]3C[C@@H](Nc4cnc(C(F)(F)F)cn4)[C@@H]2C3)c(-c2ncccc2F)n1. The van der Waals surface area contributed by atoms with Crippen LogP contribution in [-0.2, 0) is 6.18 Å². The number of rotatable bonds is 4. The highest BCUT2D eigenvalue weighted by atomic mass is 19.4. The van der Waals surface area contributed by atoms with Gasteiger partial charge in [-0.3, -0.25) is 14.8 Å². The lowest BCUT2D eigenvalue weighted by Gasteiger charge is -2.34. The van der Waals surface area contributed by atoms with Crippen molar-refractivity contribution in [3.63, 3.8) is 0 Å². The number of carbonyl (C=O) groups is 1. The Labute approximate surface area is 192 Å². The third-order valence-corrected chi connectivity index (χ3v) is 6.27. The van der Waals surface area contributed by atoms with Gasteiger partial charge in [-0.15, -0.1) is 0 Å². The first-order valence-electron chi connectivity index (χ1n) is 10.8. The van der Waals surface area contributed by atoms with Gasteiger partial charge in [-0.1, -0.05) is 0 Å². The minimum atomic E-state index is -4.56. The molecule has 0 aromatic carbocycles. The van der Waals surface area contributed by atoms with Gasteiger partial charge in [0.2, 0.25) is 0 Å². The van der Waals surface area contributed by atoms with Gasteiger partial charge in [0.05, 0.1) is 24.0 Å². The van der Waals surface area contributed by atoms with Gasteiger partial charge in [0.25, 0.3) is 5.91 Å². The molecular formula is C23H20F4N6O. The van der Waals surface area contributed by atoms with Gasteiger partial charge < -0.3 is 10.2 Å². The Bertz CT molecular complexity index is 1230. The smallest absolute Gasteiger partial charge is 0.364 e. The average molecular weight is 472 g/mol. The molecule has 2 bridgehead atoms. The van der Waals surface area contributed by atoms with Crippen LogP contribution in [0.3, 0.4) is 0 Å². The van der Waals surface area contributed by atoms with Crippen LogP contribution < -0.4 is 5.32 Å². The molecule has 7 nitrogen and oxygen atoms in total. The Morgan fingerprint density at radius 1 is 1.09 bits per heavy atom. The van der Waals surface area contributed by atoms with Crippen molar-refractivity contribution in [1.29, 1.82) is 0 Å². The Hall–Kier alpha value is -3.63. The maximum Gasteiger partial charge on any atom is 0.434 e. The van der Waals surface area contributed by atoms with Gasteiger partial charge in [-0.05, 0) is 49.9 Å². The Morgan fingerprint density at radius 3 is 2.59 bits per heavy atom. The van der Waals surface area contributed by atoms with Crippen molar-refractivity contribution in [2.45, 2.75) is 38.0 Å². The summed E-state index contributed by atoms with van der Waals surface area (Å²) < 4.78 is 52.7. The molecule has 3 atom stereocenters. The number of carbonyl (C=O) groups excluding carboxylic acids is 1. The topological polar surface area (TPSA) is 83.9 Å². The van der Waals surface area contributed by atoms with Crippen LogP contribution in [0.4, 0.5) is 23.4 Å². The summed E-state index contributed by atoms with van der Waals surface area (Å²) >= 11 is 0. The standard InChI is InChI=1S/C23H20F4N6O/c1-12-4-5-14(20(31-12)21-15(24)3-2-6-28-21)22(34)33-11-13-7-16(17(33)8-13)32-19-10-29-18(9-30-19)23(25,26)27/h2-6,9-10,13,16-17H,7-8,11H2,1H3,(H,30,32)/t13-,16-,17+/m1/s1. The number of piperidine rings is 1. The number of halogens is 4. The van der Waals surface area contributed by atoms with E-state index >= 15 is 0 Å². The number of nitrogens with one attached hydrogen (secondary N) is 1. The van der Waals surface area contributed by atoms with E-state index in [0.29, 0.717) is 18.4 Å². The zero-order valence-corrected chi connectivity index (χ0v) is 18.1. The summed E-state index contributed by atoms with van der Waals surface area (Å²) in [6.07, 6.45) is 0.125. The van der Waals surface area contributed by atoms with Crippen molar-refractivity contribution in [3.05, 3.63) is 65.6 Å². The first kappa shape index (κ1) is 22.2. The van der Waals surface area contributed by atoms with E-state index in [1.54, 1.807) is 24.0 Å². The third kappa shape index (κ3) is 4.06. The summed E-state index contributed by atoms with van der Waals surface area (Å²) in [5.74, 6) is -0.406. The number of anilines is 1. The molecule has 1 saturated heterocycles. The highest BCUT2D eigenvalue weighted by Crippen LogP contribution is 2.40. The van der Waals surface area contributed by atoms with Gasteiger partial charge in [-0.2, -0.15) is 13.2 Å². The molecule has 4 heterocycles. The number of hydrogen-bond donors (Lipinski definition) is 1. The van der Waals surface area contributed by atoms with Crippen LogP contribution in [0.25, 0.3) is 11.4 Å². The van der Waals surface area contributed by atoms with Crippen LogP contribution in [-0.4, -0.2) is 49.4 Å². The van der Waals surface area contributed by atoms with E-state index in [0.717, 1.165) is 19.0 Å². The van der Waals surface area contributed by atoms with Crippen LogP contribution in [0.5, 0.6) is 0 Å². The van der Waals surface area contributed by atoms with Crippen LogP contribution in [0.1, 0.15) is 34.6 Å². The number of alkyl halides is 3. The lowest BCUT2D eigenvalue weighted by molar-refractivity contribution is -0.141. The van der Waals surface area contributed by atoms with Crippen LogP contribution in [0.15, 0.2) is 42.9 Å². The molecule has 11 heteroatoms. The zero-order chi connectivity index (χ0) is 24.0. The average Bonchev–Trinajstić information content (AvgIpc) is 3.39. The predicted molar refractivity (Wildman–Crippen MR) is 114 cm³/mol. The molecule has 3 aromatic rings. The first-order chi connectivity index (χ1) is 16.2. The molecule has 1 aliphatic carbocycles. The molecule has 176 valence electrons. The van der Waals surface area contributed by atoms with Crippen molar-refractivity contribution in [1.82, 2.24) is 24.8 Å². The molecule has 1 amide bonds. The summed E-state index contributed by atoms with van der Waals surface area (Å²) in [7, 11) is 0. The molecule has 1 N–H and O–H groups in total. The maximum atomic E-state index is 14.5. The lowest BCUT2D eigenvalue weighted by Crippen LogP contribution is -2.48. The van der Waals surface area contributed by atoms with Gasteiger partial charge >= 0.3 is 6.18 Å². The van der Waals surface area contributed by atoms with Gasteiger partial charge in [0, 0.05) is 24.5 Å². The minimum Gasteiger partial charge on any atom is -0.364 e. The van der Waals surface area contributed by atoms with Gasteiger partial charge in [0.1, 0.15) is 17.2 Å². The molecular weight excluding hydrogens is 452 g/mol. The third-order valence-electron chi connectivity index (χ3n) is 6.27. The van der Waals surface area contributed by atoms with Crippen LogP contribution >= 0.6 is 0 Å². The largest absolute Gasteiger partial charge is 0.434 e. The van der Waals surface area contributed by atoms with Crippen molar-refractivity contribution in [2.24, 2.45) is 5.92 Å².